The Kier molecular flexibility index (Phi) is 5.03. The van der Waals surface area contributed by atoms with Gasteiger partial charge in [0, 0.05) is 12.2 Å². The Balaban J connectivity index is 2.25. The van der Waals surface area contributed by atoms with Crippen molar-refractivity contribution < 1.29 is 14.9 Å². The standard InChI is InChI=1S/C16H20N2O3/c1-21-15-8-2-12(3-9-15)16(17)18(10-11-19)13-4-6-14(20)7-5-13/h2-9,16,19-20H,10-11,17H2,1H3. The van der Waals surface area contributed by atoms with Crippen molar-refractivity contribution in [3.8, 4) is 11.5 Å². The summed E-state index contributed by atoms with van der Waals surface area (Å²) in [5, 5.41) is 18.6. The number of phenolic OH excluding ortho intramolecular Hbond substituents is 1. The molecule has 0 bridgehead atoms. The molecule has 2 aromatic carbocycles. The largest absolute Gasteiger partial charge is 0.508 e. The number of hydrogen-bond donors (Lipinski definition) is 3. The van der Waals surface area contributed by atoms with Crippen molar-refractivity contribution in [1.29, 1.82) is 0 Å². The number of aromatic hydroxyl groups is 1. The monoisotopic (exact) mass is 288 g/mol. The molecular weight excluding hydrogens is 268 g/mol. The molecule has 0 aliphatic rings. The molecule has 0 aliphatic carbocycles. The van der Waals surface area contributed by atoms with Crippen LogP contribution in [0.1, 0.15) is 11.7 Å². The van der Waals surface area contributed by atoms with Gasteiger partial charge >= 0.3 is 0 Å². The van der Waals surface area contributed by atoms with E-state index in [-0.39, 0.29) is 12.4 Å². The summed E-state index contributed by atoms with van der Waals surface area (Å²) in [6, 6.07) is 14.2. The summed E-state index contributed by atoms with van der Waals surface area (Å²) in [4.78, 5) is 1.88. The number of aliphatic hydroxyl groups excluding tert-OH is 1. The van der Waals surface area contributed by atoms with E-state index in [0.717, 1.165) is 17.0 Å². The predicted molar refractivity (Wildman–Crippen MR) is 82.5 cm³/mol. The molecule has 0 spiro atoms. The second-order valence-corrected chi connectivity index (χ2v) is 4.65. The van der Waals surface area contributed by atoms with Crippen LogP contribution in [0.15, 0.2) is 48.5 Å². The van der Waals surface area contributed by atoms with E-state index in [2.05, 4.69) is 0 Å². The van der Waals surface area contributed by atoms with E-state index in [0.29, 0.717) is 6.54 Å². The minimum absolute atomic E-state index is 0.00920. The molecule has 1 unspecified atom stereocenters. The molecule has 5 nitrogen and oxygen atoms in total. The predicted octanol–water partition coefficient (Wildman–Crippen LogP) is 1.86. The van der Waals surface area contributed by atoms with E-state index >= 15 is 0 Å². The van der Waals surface area contributed by atoms with Crippen LogP contribution in [0, 0.1) is 0 Å². The van der Waals surface area contributed by atoms with E-state index in [9.17, 15) is 10.2 Å². The summed E-state index contributed by atoms with van der Waals surface area (Å²) >= 11 is 0. The van der Waals surface area contributed by atoms with Crippen molar-refractivity contribution in [2.45, 2.75) is 6.17 Å². The van der Waals surface area contributed by atoms with Crippen molar-refractivity contribution in [1.82, 2.24) is 0 Å². The molecule has 2 rings (SSSR count). The number of nitrogens with zero attached hydrogens (tertiary/aromatic N) is 1. The summed E-state index contributed by atoms with van der Waals surface area (Å²) in [6.07, 6.45) is -0.396. The Morgan fingerprint density at radius 3 is 2.24 bits per heavy atom. The zero-order chi connectivity index (χ0) is 15.2. The number of nitrogens with two attached hydrogens (primary N) is 1. The van der Waals surface area contributed by atoms with E-state index in [4.69, 9.17) is 10.5 Å². The van der Waals surface area contributed by atoms with Gasteiger partial charge in [-0.05, 0) is 42.0 Å². The van der Waals surface area contributed by atoms with Gasteiger partial charge in [0.05, 0.1) is 13.7 Å². The van der Waals surface area contributed by atoms with Gasteiger partial charge in [0.25, 0.3) is 0 Å². The Hall–Kier alpha value is -2.24. The molecule has 0 saturated carbocycles. The fraction of sp³-hybridized carbons (Fsp3) is 0.250. The van der Waals surface area contributed by atoms with Crippen molar-refractivity contribution in [2.75, 3.05) is 25.2 Å². The molecule has 0 amide bonds. The third kappa shape index (κ3) is 3.65. The highest BCUT2D eigenvalue weighted by molar-refractivity contribution is 5.51. The van der Waals surface area contributed by atoms with Crippen molar-refractivity contribution in [2.24, 2.45) is 5.73 Å². The van der Waals surface area contributed by atoms with Gasteiger partial charge in [-0.25, -0.2) is 0 Å². The normalized spacial score (nSPS) is 12.0. The van der Waals surface area contributed by atoms with Gasteiger partial charge in [-0.1, -0.05) is 12.1 Å². The average Bonchev–Trinajstić information content (AvgIpc) is 2.53. The fourth-order valence-corrected chi connectivity index (χ4v) is 2.16. The van der Waals surface area contributed by atoms with Gasteiger partial charge in [-0.15, -0.1) is 0 Å². The SMILES string of the molecule is COc1ccc(C(N)N(CCO)c2ccc(O)cc2)cc1. The Labute approximate surface area is 124 Å². The van der Waals surface area contributed by atoms with Gasteiger partial charge in [0.2, 0.25) is 0 Å². The number of phenols is 1. The first-order chi connectivity index (χ1) is 10.2. The van der Waals surface area contributed by atoms with Gasteiger partial charge in [-0.2, -0.15) is 0 Å². The number of aliphatic hydroxyl groups is 1. The lowest BCUT2D eigenvalue weighted by atomic mass is 10.1. The highest BCUT2D eigenvalue weighted by Gasteiger charge is 2.16. The van der Waals surface area contributed by atoms with Crippen LogP contribution in [0.3, 0.4) is 0 Å². The molecule has 1 atom stereocenters. The van der Waals surface area contributed by atoms with E-state index < -0.39 is 6.17 Å². The lowest BCUT2D eigenvalue weighted by Crippen LogP contribution is -2.36. The maximum atomic E-state index is 9.37. The second-order valence-electron chi connectivity index (χ2n) is 4.65. The molecule has 0 fully saturated rings. The number of rotatable bonds is 6. The van der Waals surface area contributed by atoms with Crippen molar-refractivity contribution >= 4 is 5.69 Å². The third-order valence-electron chi connectivity index (χ3n) is 3.32. The molecule has 0 aliphatic heterocycles. The smallest absolute Gasteiger partial charge is 0.118 e. The van der Waals surface area contributed by atoms with Crippen molar-refractivity contribution in [3.63, 3.8) is 0 Å². The van der Waals surface area contributed by atoms with Crippen LogP contribution >= 0.6 is 0 Å². The van der Waals surface area contributed by atoms with Crippen molar-refractivity contribution in [3.05, 3.63) is 54.1 Å². The van der Waals surface area contributed by atoms with Gasteiger partial charge in [0.1, 0.15) is 17.7 Å². The first-order valence-corrected chi connectivity index (χ1v) is 6.71. The quantitative estimate of drug-likeness (QED) is 0.707. The Bertz CT molecular complexity index is 555. The number of anilines is 1. The minimum Gasteiger partial charge on any atom is -0.508 e. The molecule has 4 N–H and O–H groups in total. The lowest BCUT2D eigenvalue weighted by molar-refractivity contribution is 0.297. The number of methoxy groups -OCH3 is 1. The van der Waals surface area contributed by atoms with Gasteiger partial charge in [-0.3, -0.25) is 0 Å². The number of benzene rings is 2. The molecule has 112 valence electrons. The van der Waals surface area contributed by atoms with Crippen LogP contribution in [0.2, 0.25) is 0 Å². The molecule has 0 saturated heterocycles. The molecule has 5 heteroatoms. The molecule has 0 aromatic heterocycles. The molecule has 2 aromatic rings. The lowest BCUT2D eigenvalue weighted by Gasteiger charge is -2.31. The third-order valence-corrected chi connectivity index (χ3v) is 3.32. The van der Waals surface area contributed by atoms with Crippen LogP contribution in [-0.2, 0) is 0 Å². The Morgan fingerprint density at radius 1 is 1.10 bits per heavy atom. The van der Waals surface area contributed by atoms with E-state index in [1.54, 1.807) is 31.4 Å². The van der Waals surface area contributed by atoms with E-state index in [1.165, 1.54) is 0 Å². The van der Waals surface area contributed by atoms with Crippen LogP contribution < -0.4 is 15.4 Å². The number of hydrogen-bond acceptors (Lipinski definition) is 5. The van der Waals surface area contributed by atoms with Gasteiger partial charge in [0.15, 0.2) is 0 Å². The first kappa shape index (κ1) is 15.2. The van der Waals surface area contributed by atoms with Gasteiger partial charge < -0.3 is 25.6 Å². The molecule has 0 heterocycles. The highest BCUT2D eigenvalue weighted by Crippen LogP contribution is 2.26. The highest BCUT2D eigenvalue weighted by atomic mass is 16.5. The number of ether oxygens (including phenoxy) is 1. The van der Waals surface area contributed by atoms with Crippen LogP contribution in [-0.4, -0.2) is 30.5 Å². The van der Waals surface area contributed by atoms with Crippen LogP contribution in [0.4, 0.5) is 5.69 Å². The van der Waals surface area contributed by atoms with Crippen LogP contribution in [0.25, 0.3) is 0 Å². The maximum absolute atomic E-state index is 9.37. The fourth-order valence-electron chi connectivity index (χ4n) is 2.16. The summed E-state index contributed by atoms with van der Waals surface area (Å²) in [7, 11) is 1.61. The molecular formula is C16H20N2O3. The maximum Gasteiger partial charge on any atom is 0.118 e. The minimum atomic E-state index is -0.396. The average molecular weight is 288 g/mol. The summed E-state index contributed by atoms with van der Waals surface area (Å²) in [6.45, 7) is 0.392. The molecule has 21 heavy (non-hydrogen) atoms. The first-order valence-electron chi connectivity index (χ1n) is 6.71. The zero-order valence-corrected chi connectivity index (χ0v) is 11.9. The summed E-state index contributed by atoms with van der Waals surface area (Å²) in [5.41, 5.74) is 8.05. The van der Waals surface area contributed by atoms with Crippen LogP contribution in [0.5, 0.6) is 11.5 Å². The summed E-state index contributed by atoms with van der Waals surface area (Å²) < 4.78 is 5.13. The zero-order valence-electron chi connectivity index (χ0n) is 11.9. The topological polar surface area (TPSA) is 79.0 Å². The second kappa shape index (κ2) is 6.97. The van der Waals surface area contributed by atoms with E-state index in [1.807, 2.05) is 29.2 Å². The Morgan fingerprint density at radius 2 is 1.71 bits per heavy atom. The summed E-state index contributed by atoms with van der Waals surface area (Å²) in [5.74, 6) is 0.963. The molecule has 0 radical (unpaired) electrons.